The molecule has 5 nitrogen and oxygen atoms in total. The van der Waals surface area contributed by atoms with Crippen LogP contribution < -0.4 is 5.32 Å². The summed E-state index contributed by atoms with van der Waals surface area (Å²) in [4.78, 5) is 12.7. The van der Waals surface area contributed by atoms with Crippen LogP contribution in [0.1, 0.15) is 16.7 Å². The van der Waals surface area contributed by atoms with Gasteiger partial charge in [0.15, 0.2) is 0 Å². The number of hydrogen-bond acceptors (Lipinski definition) is 3. The van der Waals surface area contributed by atoms with E-state index in [1.165, 1.54) is 4.31 Å². The molecule has 1 aliphatic heterocycles. The van der Waals surface area contributed by atoms with E-state index in [9.17, 15) is 13.2 Å². The average Bonchev–Trinajstić information content (AvgIpc) is 2.59. The molecule has 25 heavy (non-hydrogen) atoms. The van der Waals surface area contributed by atoms with Crippen LogP contribution in [-0.2, 0) is 34.3 Å². The summed E-state index contributed by atoms with van der Waals surface area (Å²) in [6, 6.07) is 14.1. The van der Waals surface area contributed by atoms with Gasteiger partial charge in [0.1, 0.15) is 6.04 Å². The zero-order valence-corrected chi connectivity index (χ0v) is 15.3. The molecule has 0 fully saturated rings. The highest BCUT2D eigenvalue weighted by molar-refractivity contribution is 7.88. The Hall–Kier alpha value is -1.89. The van der Waals surface area contributed by atoms with Gasteiger partial charge in [0, 0.05) is 18.1 Å². The molecule has 1 heterocycles. The van der Waals surface area contributed by atoms with Crippen LogP contribution in [0.5, 0.6) is 0 Å². The quantitative estimate of drug-likeness (QED) is 0.888. The summed E-state index contributed by atoms with van der Waals surface area (Å²) in [6.07, 6.45) is 1.49. The van der Waals surface area contributed by atoms with Gasteiger partial charge in [-0.25, -0.2) is 8.42 Å². The summed E-state index contributed by atoms with van der Waals surface area (Å²) in [6.45, 7) is 0.466. The molecule has 0 unspecified atom stereocenters. The van der Waals surface area contributed by atoms with Gasteiger partial charge in [-0.15, -0.1) is 0 Å². The van der Waals surface area contributed by atoms with E-state index < -0.39 is 16.1 Å². The van der Waals surface area contributed by atoms with Crippen molar-refractivity contribution in [3.05, 3.63) is 70.2 Å². The van der Waals surface area contributed by atoms with Gasteiger partial charge in [-0.3, -0.25) is 4.79 Å². The number of fused-ring (bicyclic) bond motifs is 1. The lowest BCUT2D eigenvalue weighted by Crippen LogP contribution is -2.52. The number of carbonyl (C=O) groups is 1. The fourth-order valence-corrected chi connectivity index (χ4v) is 4.22. The Labute approximate surface area is 152 Å². The van der Waals surface area contributed by atoms with Crippen LogP contribution in [0.4, 0.5) is 0 Å². The van der Waals surface area contributed by atoms with E-state index in [0.29, 0.717) is 11.4 Å². The highest BCUT2D eigenvalue weighted by atomic mass is 35.5. The van der Waals surface area contributed by atoms with Crippen molar-refractivity contribution in [2.45, 2.75) is 25.6 Å². The first-order chi connectivity index (χ1) is 11.9. The molecule has 0 spiro atoms. The Morgan fingerprint density at radius 2 is 1.80 bits per heavy atom. The third-order valence-corrected chi connectivity index (χ3v) is 5.95. The molecule has 0 aliphatic carbocycles. The van der Waals surface area contributed by atoms with Crippen LogP contribution in [0, 0.1) is 0 Å². The summed E-state index contributed by atoms with van der Waals surface area (Å²) in [5.74, 6) is -0.320. The number of carbonyl (C=O) groups excluding carboxylic acids is 1. The number of amides is 1. The van der Waals surface area contributed by atoms with Gasteiger partial charge in [-0.2, -0.15) is 4.31 Å². The first-order valence-electron chi connectivity index (χ1n) is 7.91. The van der Waals surface area contributed by atoms with Crippen LogP contribution in [0.15, 0.2) is 48.5 Å². The third kappa shape index (κ3) is 4.03. The molecule has 1 atom stereocenters. The molecule has 132 valence electrons. The highest BCUT2D eigenvalue weighted by Crippen LogP contribution is 2.25. The third-order valence-electron chi connectivity index (χ3n) is 4.34. The van der Waals surface area contributed by atoms with Crippen LogP contribution >= 0.6 is 11.6 Å². The van der Waals surface area contributed by atoms with Crippen molar-refractivity contribution >= 4 is 27.5 Å². The molecule has 2 aromatic carbocycles. The van der Waals surface area contributed by atoms with Crippen LogP contribution in [0.25, 0.3) is 0 Å². The van der Waals surface area contributed by atoms with Gasteiger partial charge in [0.2, 0.25) is 15.9 Å². The summed E-state index contributed by atoms with van der Waals surface area (Å²) in [5, 5.41) is 3.38. The highest BCUT2D eigenvalue weighted by Gasteiger charge is 2.36. The van der Waals surface area contributed by atoms with E-state index in [4.69, 9.17) is 11.6 Å². The predicted molar refractivity (Wildman–Crippen MR) is 97.6 cm³/mol. The molecule has 0 aromatic heterocycles. The molecule has 1 amide bonds. The summed E-state index contributed by atoms with van der Waals surface area (Å²) in [5.41, 5.74) is 2.73. The molecule has 3 rings (SSSR count). The van der Waals surface area contributed by atoms with Crippen molar-refractivity contribution < 1.29 is 13.2 Å². The summed E-state index contributed by atoms with van der Waals surface area (Å²) in [7, 11) is -3.51. The van der Waals surface area contributed by atoms with Crippen molar-refractivity contribution in [3.63, 3.8) is 0 Å². The van der Waals surface area contributed by atoms with Crippen LogP contribution in [-0.4, -0.2) is 30.9 Å². The van der Waals surface area contributed by atoms with Crippen LogP contribution in [0.2, 0.25) is 5.02 Å². The maximum atomic E-state index is 12.7. The van der Waals surface area contributed by atoms with E-state index in [0.717, 1.165) is 22.9 Å². The zero-order valence-electron chi connectivity index (χ0n) is 13.8. The zero-order chi connectivity index (χ0) is 18.0. The van der Waals surface area contributed by atoms with Gasteiger partial charge < -0.3 is 5.32 Å². The van der Waals surface area contributed by atoms with Gasteiger partial charge in [-0.1, -0.05) is 54.1 Å². The van der Waals surface area contributed by atoms with Gasteiger partial charge in [0.05, 0.1) is 6.26 Å². The minimum Gasteiger partial charge on any atom is -0.351 e. The molecule has 1 N–H and O–H groups in total. The Balaban J connectivity index is 1.81. The Bertz CT molecular complexity index is 899. The standard InChI is InChI=1S/C18H19ClN2O3S/c1-25(23,24)21-12-15-8-3-2-6-13(15)10-17(21)18(22)20-11-14-7-4-5-9-16(14)19/h2-9,17H,10-12H2,1H3,(H,20,22)/t17-/m1/s1. The van der Waals surface area contributed by atoms with Crippen molar-refractivity contribution in [1.29, 1.82) is 0 Å². The Morgan fingerprint density at radius 3 is 2.48 bits per heavy atom. The SMILES string of the molecule is CS(=O)(=O)N1Cc2ccccc2C[C@@H]1C(=O)NCc1ccccc1Cl. The maximum absolute atomic E-state index is 12.7. The lowest BCUT2D eigenvalue weighted by Gasteiger charge is -2.34. The van der Waals surface area contributed by atoms with E-state index in [2.05, 4.69) is 5.32 Å². The molecule has 2 aromatic rings. The van der Waals surface area contributed by atoms with Crippen molar-refractivity contribution in [1.82, 2.24) is 9.62 Å². The number of nitrogens with zero attached hydrogens (tertiary/aromatic N) is 1. The molecule has 7 heteroatoms. The minimum atomic E-state index is -3.51. The van der Waals surface area contributed by atoms with Gasteiger partial charge in [0.25, 0.3) is 0 Å². The molecule has 0 radical (unpaired) electrons. The molecule has 0 bridgehead atoms. The normalized spacial score (nSPS) is 17.8. The van der Waals surface area contributed by atoms with E-state index in [-0.39, 0.29) is 19.0 Å². The van der Waals surface area contributed by atoms with Crippen molar-refractivity contribution in [3.8, 4) is 0 Å². The minimum absolute atomic E-state index is 0.208. The molecular weight excluding hydrogens is 360 g/mol. The molecular formula is C18H19ClN2O3S. The largest absolute Gasteiger partial charge is 0.351 e. The van der Waals surface area contributed by atoms with E-state index in [1.807, 2.05) is 42.5 Å². The molecule has 0 saturated heterocycles. The number of sulfonamides is 1. The fourth-order valence-electron chi connectivity index (χ4n) is 3.01. The monoisotopic (exact) mass is 378 g/mol. The number of rotatable bonds is 4. The first-order valence-corrected chi connectivity index (χ1v) is 10.1. The lowest BCUT2D eigenvalue weighted by molar-refractivity contribution is -0.125. The smallest absolute Gasteiger partial charge is 0.239 e. The first kappa shape index (κ1) is 17.9. The maximum Gasteiger partial charge on any atom is 0.239 e. The second kappa shape index (κ2) is 7.15. The molecule has 1 aliphatic rings. The summed E-state index contributed by atoms with van der Waals surface area (Å²) >= 11 is 6.10. The van der Waals surface area contributed by atoms with E-state index in [1.54, 1.807) is 6.07 Å². The second-order valence-electron chi connectivity index (χ2n) is 6.11. The van der Waals surface area contributed by atoms with Crippen molar-refractivity contribution in [2.75, 3.05) is 6.26 Å². The van der Waals surface area contributed by atoms with Crippen molar-refractivity contribution in [2.24, 2.45) is 0 Å². The average molecular weight is 379 g/mol. The Morgan fingerprint density at radius 1 is 1.16 bits per heavy atom. The number of nitrogens with one attached hydrogen (secondary N) is 1. The number of halogens is 1. The topological polar surface area (TPSA) is 66.5 Å². The Kier molecular flexibility index (Phi) is 5.13. The van der Waals surface area contributed by atoms with Gasteiger partial charge >= 0.3 is 0 Å². The van der Waals surface area contributed by atoms with Crippen LogP contribution in [0.3, 0.4) is 0 Å². The fraction of sp³-hybridized carbons (Fsp3) is 0.278. The summed E-state index contributed by atoms with van der Waals surface area (Å²) < 4.78 is 25.6. The van der Waals surface area contributed by atoms with E-state index >= 15 is 0 Å². The second-order valence-corrected chi connectivity index (χ2v) is 8.45. The number of hydrogen-bond donors (Lipinski definition) is 1. The van der Waals surface area contributed by atoms with Gasteiger partial charge in [-0.05, 0) is 29.2 Å². The molecule has 0 saturated carbocycles. The number of benzene rings is 2. The predicted octanol–water partition coefficient (Wildman–Crippen LogP) is 2.34. The lowest BCUT2D eigenvalue weighted by atomic mass is 9.95.